The molecule has 0 amide bonds. The fourth-order valence-corrected chi connectivity index (χ4v) is 10.5. The smallest absolute Gasteiger partial charge is 0.373 e. The topological polar surface area (TPSA) is 55.4 Å². The van der Waals surface area contributed by atoms with E-state index in [9.17, 15) is 0 Å². The molecule has 0 rings (SSSR count). The molecule has 0 aliphatic rings. The summed E-state index contributed by atoms with van der Waals surface area (Å²) in [6.07, 6.45) is 5.47. The Kier molecular flexibility index (Phi) is 17.2. The van der Waals surface area contributed by atoms with E-state index >= 15 is 0 Å². The van der Waals surface area contributed by atoms with Crippen LogP contribution in [0.4, 0.5) is 0 Å². The molecule has 6 nitrogen and oxygen atoms in total. The van der Waals surface area contributed by atoms with Crippen LogP contribution in [-0.4, -0.2) is 57.3 Å². The van der Waals surface area contributed by atoms with Gasteiger partial charge in [-0.1, -0.05) is 41.5 Å². The molecule has 0 aromatic carbocycles. The van der Waals surface area contributed by atoms with Gasteiger partial charge < -0.3 is 26.6 Å². The Labute approximate surface area is 169 Å². The van der Waals surface area contributed by atoms with Crippen molar-refractivity contribution in [1.82, 2.24) is 0 Å². The third kappa shape index (κ3) is 11.7. The van der Waals surface area contributed by atoms with Crippen molar-refractivity contribution in [3.63, 3.8) is 0 Å². The zero-order valence-corrected chi connectivity index (χ0v) is 20.6. The molecule has 8 heteroatoms. The van der Waals surface area contributed by atoms with Crippen LogP contribution < -0.4 is 0 Å². The van der Waals surface area contributed by atoms with Crippen LogP contribution in [0.1, 0.15) is 80.1 Å². The first-order chi connectivity index (χ1) is 13.1. The summed E-state index contributed by atoms with van der Waals surface area (Å²) in [6, 6.07) is 0. The lowest BCUT2D eigenvalue weighted by molar-refractivity contribution is 0.0358. The summed E-state index contributed by atoms with van der Waals surface area (Å²) < 4.78 is 37.6. The van der Waals surface area contributed by atoms with Crippen LogP contribution in [0.5, 0.6) is 0 Å². The van der Waals surface area contributed by atoms with Gasteiger partial charge in [-0.3, -0.25) is 0 Å². The van der Waals surface area contributed by atoms with Gasteiger partial charge in [0.15, 0.2) is 0 Å². The van der Waals surface area contributed by atoms with Gasteiger partial charge in [0.05, 0.1) is 5.67 Å². The largest absolute Gasteiger partial charge is 0.505 e. The molecule has 0 radical (unpaired) electrons. The zero-order chi connectivity index (χ0) is 20.4. The summed E-state index contributed by atoms with van der Waals surface area (Å²) in [7, 11) is -5.91. The van der Waals surface area contributed by atoms with Gasteiger partial charge in [0.25, 0.3) is 0 Å². The molecule has 27 heavy (non-hydrogen) atoms. The Balaban J connectivity index is 5.66. The molecule has 0 unspecified atom stereocenters. The van der Waals surface area contributed by atoms with Crippen molar-refractivity contribution in [2.75, 3.05) is 39.6 Å². The van der Waals surface area contributed by atoms with Crippen molar-refractivity contribution in [2.24, 2.45) is 0 Å². The standard InChI is InChI=1S/C19H44O6Si2/c1-7-13-20-26(21-14-8-2,22-15-9-3)19-27(23-16-10-4,24-17-11-5)25-18-12-6/h7-19H2,1-6H3. The van der Waals surface area contributed by atoms with Gasteiger partial charge in [-0.05, 0) is 38.5 Å². The Morgan fingerprint density at radius 3 is 0.704 bits per heavy atom. The second-order valence-corrected chi connectivity index (χ2v) is 12.5. The fraction of sp³-hybridized carbons (Fsp3) is 1.00. The van der Waals surface area contributed by atoms with Gasteiger partial charge >= 0.3 is 17.6 Å². The van der Waals surface area contributed by atoms with Crippen molar-refractivity contribution in [3.05, 3.63) is 0 Å². The molecular formula is C19H44O6Si2. The van der Waals surface area contributed by atoms with Gasteiger partial charge in [0, 0.05) is 39.6 Å². The second kappa shape index (κ2) is 17.1. The van der Waals surface area contributed by atoms with Crippen molar-refractivity contribution in [1.29, 1.82) is 0 Å². The van der Waals surface area contributed by atoms with Crippen LogP contribution in [0, 0.1) is 0 Å². The van der Waals surface area contributed by atoms with E-state index in [1.165, 1.54) is 0 Å². The second-order valence-electron chi connectivity index (χ2n) is 6.63. The molecule has 164 valence electrons. The van der Waals surface area contributed by atoms with Gasteiger partial charge in [-0.25, -0.2) is 0 Å². The Morgan fingerprint density at radius 1 is 0.370 bits per heavy atom. The normalized spacial score (nSPS) is 12.7. The number of hydrogen-bond acceptors (Lipinski definition) is 6. The lowest BCUT2D eigenvalue weighted by atomic mass is 10.5. The first-order valence-electron chi connectivity index (χ1n) is 10.9. The maximum absolute atomic E-state index is 6.27. The van der Waals surface area contributed by atoms with Crippen LogP contribution in [0.3, 0.4) is 0 Å². The molecule has 0 aromatic rings. The molecule has 0 heterocycles. The molecule has 0 spiro atoms. The molecule has 0 aliphatic heterocycles. The number of hydrogen-bond donors (Lipinski definition) is 0. The van der Waals surface area contributed by atoms with E-state index in [0.29, 0.717) is 45.3 Å². The van der Waals surface area contributed by atoms with E-state index in [1.54, 1.807) is 0 Å². The van der Waals surface area contributed by atoms with E-state index in [0.717, 1.165) is 38.5 Å². The summed E-state index contributed by atoms with van der Waals surface area (Å²) in [5.74, 6) is 0. The van der Waals surface area contributed by atoms with Crippen molar-refractivity contribution in [3.8, 4) is 0 Å². The van der Waals surface area contributed by atoms with E-state index in [1.807, 2.05) is 0 Å². The quantitative estimate of drug-likeness (QED) is 0.257. The van der Waals surface area contributed by atoms with Gasteiger partial charge in [-0.2, -0.15) is 0 Å². The zero-order valence-electron chi connectivity index (χ0n) is 18.6. The molecular weight excluding hydrogens is 380 g/mol. The molecule has 0 saturated heterocycles. The lowest BCUT2D eigenvalue weighted by Gasteiger charge is -2.36. The van der Waals surface area contributed by atoms with Crippen molar-refractivity contribution in [2.45, 2.75) is 85.7 Å². The van der Waals surface area contributed by atoms with Gasteiger partial charge in [0.2, 0.25) is 0 Å². The maximum atomic E-state index is 6.27. The van der Waals surface area contributed by atoms with Crippen LogP contribution in [0.2, 0.25) is 5.67 Å². The Hall–Kier alpha value is 0.194. The highest BCUT2D eigenvalue weighted by molar-refractivity contribution is 6.80. The average Bonchev–Trinajstić information content (AvgIpc) is 2.70. The first-order valence-corrected chi connectivity index (χ1v) is 14.8. The highest BCUT2D eigenvalue weighted by atomic mass is 28.5. The van der Waals surface area contributed by atoms with Gasteiger partial charge in [0.1, 0.15) is 0 Å². The maximum Gasteiger partial charge on any atom is 0.505 e. The minimum absolute atomic E-state index is 0.486. The highest BCUT2D eigenvalue weighted by Gasteiger charge is 2.56. The SMILES string of the molecule is CCCO[Si](C[Si](OCCC)(OCCC)OCCC)(OCCC)OCCC. The van der Waals surface area contributed by atoms with Crippen LogP contribution >= 0.6 is 0 Å². The minimum atomic E-state index is -2.96. The fourth-order valence-electron chi connectivity index (χ4n) is 2.37. The molecule has 0 aromatic heterocycles. The molecule has 0 bridgehead atoms. The molecule has 0 aliphatic carbocycles. The Bertz CT molecular complexity index is 260. The summed E-state index contributed by atoms with van der Waals surface area (Å²) in [5.41, 5.74) is 0.486. The highest BCUT2D eigenvalue weighted by Crippen LogP contribution is 2.28. The molecule has 0 fully saturated rings. The van der Waals surface area contributed by atoms with Crippen LogP contribution in [0.15, 0.2) is 0 Å². The van der Waals surface area contributed by atoms with Crippen LogP contribution in [-0.2, 0) is 26.6 Å². The monoisotopic (exact) mass is 424 g/mol. The molecule has 0 atom stereocenters. The first kappa shape index (κ1) is 27.2. The summed E-state index contributed by atoms with van der Waals surface area (Å²) in [4.78, 5) is 0. The Morgan fingerprint density at radius 2 is 0.556 bits per heavy atom. The average molecular weight is 425 g/mol. The van der Waals surface area contributed by atoms with E-state index in [-0.39, 0.29) is 0 Å². The predicted octanol–water partition coefficient (Wildman–Crippen LogP) is 4.96. The summed E-state index contributed by atoms with van der Waals surface area (Å²) in [5, 5.41) is 0. The minimum Gasteiger partial charge on any atom is -0.373 e. The third-order valence-electron chi connectivity index (χ3n) is 3.59. The van der Waals surface area contributed by atoms with E-state index < -0.39 is 17.6 Å². The predicted molar refractivity (Wildman–Crippen MR) is 114 cm³/mol. The van der Waals surface area contributed by atoms with Crippen LogP contribution in [0.25, 0.3) is 0 Å². The van der Waals surface area contributed by atoms with Crippen molar-refractivity contribution < 1.29 is 26.6 Å². The van der Waals surface area contributed by atoms with Crippen molar-refractivity contribution >= 4 is 17.6 Å². The summed E-state index contributed by atoms with van der Waals surface area (Å²) in [6.45, 7) is 16.2. The third-order valence-corrected chi connectivity index (χ3v) is 10.9. The number of rotatable bonds is 20. The van der Waals surface area contributed by atoms with E-state index in [2.05, 4.69) is 41.5 Å². The lowest BCUT2D eigenvalue weighted by Crippen LogP contribution is -2.59. The molecule has 0 saturated carbocycles. The van der Waals surface area contributed by atoms with E-state index in [4.69, 9.17) is 26.6 Å². The van der Waals surface area contributed by atoms with Gasteiger partial charge in [-0.15, -0.1) is 0 Å². The summed E-state index contributed by atoms with van der Waals surface area (Å²) >= 11 is 0. The molecule has 0 N–H and O–H groups in total.